The van der Waals surface area contributed by atoms with Gasteiger partial charge in [0.25, 0.3) is 0 Å². The zero-order valence-corrected chi connectivity index (χ0v) is 11.5. The molecule has 17 heavy (non-hydrogen) atoms. The first kappa shape index (κ1) is 10.9. The van der Waals surface area contributed by atoms with Gasteiger partial charge in [-0.2, -0.15) is 11.3 Å². The average molecular weight is 293 g/mol. The molecule has 78 valence electrons. The number of hydrogen-bond acceptors (Lipinski definition) is 1. The number of hydrogen-bond donors (Lipinski definition) is 0. The van der Waals surface area contributed by atoms with Gasteiger partial charge in [0, 0.05) is 26.2 Å². The molecule has 0 aromatic heterocycles. The van der Waals surface area contributed by atoms with Crippen LogP contribution < -0.4 is 10.4 Å². The van der Waals surface area contributed by atoms with Crippen LogP contribution in [0.5, 0.6) is 0 Å². The molecule has 0 bridgehead atoms. The summed E-state index contributed by atoms with van der Waals surface area (Å²) in [6.45, 7) is 0. The van der Waals surface area contributed by atoms with Gasteiger partial charge >= 0.3 is 0 Å². The fourth-order valence-corrected chi connectivity index (χ4v) is 2.44. The normalized spacial score (nSPS) is 12.9. The Kier molecular flexibility index (Phi) is 2.48. The van der Waals surface area contributed by atoms with E-state index in [1.165, 1.54) is 26.4 Å². The van der Waals surface area contributed by atoms with Crippen LogP contribution >= 0.6 is 0 Å². The van der Waals surface area contributed by atoms with Gasteiger partial charge in [-0.15, -0.1) is 6.07 Å². The van der Waals surface area contributed by atoms with Crippen molar-refractivity contribution in [2.45, 2.75) is 0 Å². The number of nitrogens with zero attached hydrogens (tertiary/aromatic N) is 1. The van der Waals surface area contributed by atoms with Crippen LogP contribution in [-0.2, 0) is 26.2 Å². The first-order valence-corrected chi connectivity index (χ1v) is 5.34. The molecule has 0 amide bonds. The molecule has 2 aromatic rings. The van der Waals surface area contributed by atoms with Gasteiger partial charge in [-0.25, -0.2) is 0 Å². The van der Waals surface area contributed by atoms with Gasteiger partial charge in [0.2, 0.25) is 0 Å². The van der Waals surface area contributed by atoms with E-state index in [9.17, 15) is 0 Å². The summed E-state index contributed by atoms with van der Waals surface area (Å²) in [4.78, 5) is 4.32. The Balaban J connectivity index is 0.000000902. The maximum absolute atomic E-state index is 4.32. The molecule has 0 unspecified atom stereocenters. The second-order valence-corrected chi connectivity index (χ2v) is 4.08. The summed E-state index contributed by atoms with van der Waals surface area (Å²) >= 11 is 0. The predicted octanol–water partition coefficient (Wildman–Crippen LogP) is 1.49. The van der Waals surface area contributed by atoms with Gasteiger partial charge < -0.3 is 4.99 Å². The number of rotatable bonds is 0. The van der Waals surface area contributed by atoms with Crippen LogP contribution in [0.15, 0.2) is 41.4 Å². The molecule has 0 saturated carbocycles. The molecule has 2 aliphatic rings. The standard InChI is InChI=1S/C15H8N.Zr/c1-2-4-12-11(3-1)9-14-13(12)6-5-10-7-8-16-15(10)14;/h1-7,9H;/q-1;. The molecule has 1 nitrogen and oxygen atoms in total. The van der Waals surface area contributed by atoms with Gasteiger partial charge in [-0.05, 0) is 15.7 Å². The van der Waals surface area contributed by atoms with Crippen LogP contribution in [0.4, 0.5) is 5.69 Å². The summed E-state index contributed by atoms with van der Waals surface area (Å²) in [5.41, 5.74) is 2.30. The second-order valence-electron chi connectivity index (χ2n) is 4.08. The smallest absolute Gasteiger partial charge is 0 e. The van der Waals surface area contributed by atoms with E-state index in [2.05, 4.69) is 53.7 Å². The van der Waals surface area contributed by atoms with Crippen LogP contribution in [0.1, 0.15) is 5.56 Å². The van der Waals surface area contributed by atoms with E-state index in [1.54, 1.807) is 0 Å². The van der Waals surface area contributed by atoms with Crippen molar-refractivity contribution in [3.8, 4) is 0 Å². The Morgan fingerprint density at radius 1 is 0.882 bits per heavy atom. The summed E-state index contributed by atoms with van der Waals surface area (Å²) in [6.07, 6.45) is 7.08. The molecule has 2 heteroatoms. The van der Waals surface area contributed by atoms with E-state index >= 15 is 0 Å². The molecular formula is C15H8NZr-. The summed E-state index contributed by atoms with van der Waals surface area (Å²) in [7, 11) is 0. The molecule has 0 N–H and O–H groups in total. The van der Waals surface area contributed by atoms with Crippen molar-refractivity contribution in [2.24, 2.45) is 4.99 Å². The van der Waals surface area contributed by atoms with Crippen molar-refractivity contribution in [2.75, 3.05) is 0 Å². The molecule has 0 fully saturated rings. The van der Waals surface area contributed by atoms with Crippen molar-refractivity contribution in [1.82, 2.24) is 0 Å². The third-order valence-electron chi connectivity index (χ3n) is 3.20. The van der Waals surface area contributed by atoms with Crippen LogP contribution in [0.3, 0.4) is 0 Å². The molecule has 0 saturated heterocycles. The van der Waals surface area contributed by atoms with Gasteiger partial charge in [0.15, 0.2) is 0 Å². The molecule has 1 heterocycles. The Bertz CT molecular complexity index is 847. The minimum atomic E-state index is 0. The van der Waals surface area contributed by atoms with Crippen LogP contribution in [-0.4, -0.2) is 6.21 Å². The first-order valence-electron chi connectivity index (χ1n) is 5.34. The van der Waals surface area contributed by atoms with E-state index in [4.69, 9.17) is 0 Å². The number of benzene rings is 2. The summed E-state index contributed by atoms with van der Waals surface area (Å²) in [6, 6.07) is 12.8. The molecule has 4 rings (SSSR count). The Labute approximate surface area is 118 Å². The maximum atomic E-state index is 4.32. The van der Waals surface area contributed by atoms with Crippen molar-refractivity contribution >= 4 is 24.1 Å². The van der Waals surface area contributed by atoms with Gasteiger partial charge in [-0.3, -0.25) is 0 Å². The largest absolute Gasteiger partial charge is 0.397 e. The fraction of sp³-hybridized carbons (Fsp3) is 0. The Hall–Kier alpha value is -1.27. The molecule has 0 spiro atoms. The van der Waals surface area contributed by atoms with E-state index < -0.39 is 0 Å². The second kappa shape index (κ2) is 3.89. The molecule has 1 aliphatic carbocycles. The minimum absolute atomic E-state index is 0. The topological polar surface area (TPSA) is 12.4 Å². The van der Waals surface area contributed by atoms with Crippen molar-refractivity contribution in [1.29, 1.82) is 0 Å². The van der Waals surface area contributed by atoms with E-state index in [0.29, 0.717) is 0 Å². The zero-order valence-electron chi connectivity index (χ0n) is 9.07. The zero-order chi connectivity index (χ0) is 10.5. The van der Waals surface area contributed by atoms with Gasteiger partial charge in [0.1, 0.15) is 0 Å². The van der Waals surface area contributed by atoms with Crippen molar-refractivity contribution < 1.29 is 26.2 Å². The summed E-state index contributed by atoms with van der Waals surface area (Å²) < 4.78 is 0. The molecule has 0 atom stereocenters. The van der Waals surface area contributed by atoms with Crippen molar-refractivity contribution in [3.63, 3.8) is 0 Å². The van der Waals surface area contributed by atoms with Gasteiger partial charge in [-0.1, -0.05) is 53.9 Å². The SMILES string of the molecule is [C-]1=Nc2c3c(ccc2=C1)=c1ccccc1=C3.[Zr]. The molecule has 0 radical (unpaired) electrons. The molecular weight excluding hydrogens is 285 g/mol. The van der Waals surface area contributed by atoms with E-state index in [-0.39, 0.29) is 26.2 Å². The molecule has 1 aliphatic heterocycles. The van der Waals surface area contributed by atoms with Crippen LogP contribution in [0, 0.1) is 10.4 Å². The average Bonchev–Trinajstić information content (AvgIpc) is 2.92. The van der Waals surface area contributed by atoms with Crippen LogP contribution in [0.25, 0.3) is 12.2 Å². The van der Waals surface area contributed by atoms with Crippen LogP contribution in [0.2, 0.25) is 0 Å². The van der Waals surface area contributed by atoms with Gasteiger partial charge in [0.05, 0.1) is 0 Å². The third-order valence-corrected chi connectivity index (χ3v) is 3.20. The Morgan fingerprint density at radius 3 is 2.71 bits per heavy atom. The number of fused-ring (bicyclic) bond motifs is 4. The summed E-state index contributed by atoms with van der Waals surface area (Å²) in [5.74, 6) is 0. The fourth-order valence-electron chi connectivity index (χ4n) is 2.44. The molecule has 2 aromatic carbocycles. The Morgan fingerprint density at radius 2 is 1.76 bits per heavy atom. The third kappa shape index (κ3) is 1.44. The maximum Gasteiger partial charge on any atom is 0 e. The first-order chi connectivity index (χ1) is 7.93. The monoisotopic (exact) mass is 292 g/mol. The number of aliphatic imine (C=N–C) groups is 1. The quantitative estimate of drug-likeness (QED) is 0.557. The van der Waals surface area contributed by atoms with Crippen molar-refractivity contribution in [3.05, 3.63) is 62.8 Å². The van der Waals surface area contributed by atoms with E-state index in [0.717, 1.165) is 5.69 Å². The summed E-state index contributed by atoms with van der Waals surface area (Å²) in [5, 5.41) is 5.05. The predicted molar refractivity (Wildman–Crippen MR) is 64.9 cm³/mol. The van der Waals surface area contributed by atoms with E-state index in [1.807, 2.05) is 6.08 Å². The minimum Gasteiger partial charge on any atom is -0.397 e.